The summed E-state index contributed by atoms with van der Waals surface area (Å²) < 4.78 is 0. The number of anilines is 2. The first-order valence-electron chi connectivity index (χ1n) is 12.2. The van der Waals surface area contributed by atoms with Crippen LogP contribution in [0.3, 0.4) is 0 Å². The Bertz CT molecular complexity index is 1170. The largest absolute Gasteiger partial charge is 0.478 e. The summed E-state index contributed by atoms with van der Waals surface area (Å²) in [6.45, 7) is 6.93. The fourth-order valence-corrected chi connectivity index (χ4v) is 5.48. The minimum absolute atomic E-state index is 0.376. The number of aryl methyl sites for hydroxylation is 2. The first kappa shape index (κ1) is 22.6. The van der Waals surface area contributed by atoms with E-state index in [2.05, 4.69) is 46.5 Å². The molecule has 2 bridgehead atoms. The lowest BCUT2D eigenvalue weighted by Gasteiger charge is -2.28. The van der Waals surface area contributed by atoms with E-state index < -0.39 is 5.97 Å². The molecule has 34 heavy (non-hydrogen) atoms. The van der Waals surface area contributed by atoms with Gasteiger partial charge in [-0.3, -0.25) is 9.88 Å². The van der Waals surface area contributed by atoms with Crippen molar-refractivity contribution in [2.45, 2.75) is 51.7 Å². The van der Waals surface area contributed by atoms with E-state index in [1.54, 1.807) is 0 Å². The van der Waals surface area contributed by atoms with Gasteiger partial charge >= 0.3 is 5.97 Å². The zero-order valence-corrected chi connectivity index (χ0v) is 19.8. The molecule has 2 aromatic carbocycles. The van der Waals surface area contributed by atoms with Gasteiger partial charge in [-0.2, -0.15) is 0 Å². The molecule has 0 spiro atoms. The highest BCUT2D eigenvalue weighted by atomic mass is 16.4. The van der Waals surface area contributed by atoms with Crippen LogP contribution < -0.4 is 10.6 Å². The number of carboxylic acids is 1. The van der Waals surface area contributed by atoms with E-state index in [-0.39, 0.29) is 0 Å². The Balaban J connectivity index is 1.50. The Labute approximate surface area is 201 Å². The van der Waals surface area contributed by atoms with Crippen molar-refractivity contribution in [3.8, 4) is 11.1 Å². The molecule has 3 N–H and O–H groups in total. The van der Waals surface area contributed by atoms with Crippen LogP contribution in [0.4, 0.5) is 11.4 Å². The number of aromatic nitrogens is 1. The van der Waals surface area contributed by atoms with Gasteiger partial charge in [0.1, 0.15) is 0 Å². The maximum atomic E-state index is 12.4. The van der Waals surface area contributed by atoms with Crippen LogP contribution >= 0.6 is 0 Å². The molecule has 6 heteroatoms. The average molecular weight is 457 g/mol. The smallest absolute Gasteiger partial charge is 0.338 e. The van der Waals surface area contributed by atoms with Crippen molar-refractivity contribution in [1.29, 1.82) is 0 Å². The lowest BCUT2D eigenvalue weighted by Crippen LogP contribution is -2.43. The summed E-state index contributed by atoms with van der Waals surface area (Å²) in [7, 11) is 0. The highest BCUT2D eigenvalue weighted by Gasteiger charge is 2.37. The number of hydrogen-bond acceptors (Lipinski definition) is 5. The second-order valence-electron chi connectivity index (χ2n) is 9.31. The lowest BCUT2D eigenvalue weighted by molar-refractivity contribution is 0.0695. The second-order valence-corrected chi connectivity index (χ2v) is 9.31. The average Bonchev–Trinajstić information content (AvgIpc) is 3.48. The number of hydrogen-bond donors (Lipinski definition) is 3. The van der Waals surface area contributed by atoms with Gasteiger partial charge < -0.3 is 15.7 Å². The summed E-state index contributed by atoms with van der Waals surface area (Å²) in [5.74, 6) is -0.884. The van der Waals surface area contributed by atoms with E-state index in [4.69, 9.17) is 0 Å². The summed E-state index contributed by atoms with van der Waals surface area (Å²) in [6.07, 6.45) is 6.47. The minimum Gasteiger partial charge on any atom is -0.478 e. The van der Waals surface area contributed by atoms with E-state index in [1.165, 1.54) is 11.1 Å². The number of nitrogens with zero attached hydrogens (tertiary/aromatic N) is 2. The van der Waals surface area contributed by atoms with Crippen LogP contribution in [0, 0.1) is 0 Å². The van der Waals surface area contributed by atoms with Crippen LogP contribution in [0.5, 0.6) is 0 Å². The Kier molecular flexibility index (Phi) is 6.35. The molecule has 0 amide bonds. The van der Waals surface area contributed by atoms with Crippen molar-refractivity contribution in [2.24, 2.45) is 0 Å². The number of aromatic carboxylic acids is 1. The monoisotopic (exact) mass is 456 g/mol. The number of nitrogens with one attached hydrogen (secondary N) is 2. The maximum Gasteiger partial charge on any atom is 0.338 e. The normalized spacial score (nSPS) is 19.5. The maximum absolute atomic E-state index is 12.4. The molecule has 2 atom stereocenters. The van der Waals surface area contributed by atoms with Crippen LogP contribution in [0.2, 0.25) is 0 Å². The second kappa shape index (κ2) is 9.57. The van der Waals surface area contributed by atoms with Gasteiger partial charge in [0, 0.05) is 49.8 Å². The third kappa shape index (κ3) is 4.31. The molecule has 3 aromatic rings. The van der Waals surface area contributed by atoms with Crippen molar-refractivity contribution < 1.29 is 9.90 Å². The number of fused-ring (bicyclic) bond motifs is 2. The summed E-state index contributed by atoms with van der Waals surface area (Å²) in [4.78, 5) is 19.0. The fourth-order valence-electron chi connectivity index (χ4n) is 5.48. The van der Waals surface area contributed by atoms with Crippen molar-refractivity contribution in [3.05, 3.63) is 77.1 Å². The number of likely N-dealkylation sites (tertiary alicyclic amines) is 1. The summed E-state index contributed by atoms with van der Waals surface area (Å²) in [5.41, 5.74) is 7.57. The summed E-state index contributed by atoms with van der Waals surface area (Å²) >= 11 is 0. The van der Waals surface area contributed by atoms with Crippen LogP contribution in [0.25, 0.3) is 11.1 Å². The van der Waals surface area contributed by atoms with Crippen molar-refractivity contribution >= 4 is 17.3 Å². The quantitative estimate of drug-likeness (QED) is 0.449. The van der Waals surface area contributed by atoms with Gasteiger partial charge in [0.15, 0.2) is 0 Å². The molecule has 0 aliphatic carbocycles. The number of carboxylic acid groups (broad SMARTS) is 1. The molecule has 2 aliphatic heterocycles. The molecule has 2 saturated heterocycles. The molecule has 2 fully saturated rings. The van der Waals surface area contributed by atoms with Crippen molar-refractivity contribution in [2.75, 3.05) is 18.4 Å². The molecule has 0 unspecified atom stereocenters. The van der Waals surface area contributed by atoms with E-state index in [9.17, 15) is 9.90 Å². The number of carbonyl (C=O) groups is 1. The fraction of sp³-hybridized carbons (Fsp3) is 0.357. The lowest BCUT2D eigenvalue weighted by atomic mass is 9.95. The standard InChI is InChI=1S/C28H32N4O2/c1-3-18-12-22(20-8-10-29-11-9-20)13-19(4-2)27(18)31-25-7-5-6-21(26(25)28(33)34)16-32-17-23-14-24(32)15-30-23/h5-13,23-24,30-31H,3-4,14-17H2,1-2H3,(H,33,34)/t23-,24-/m0/s1. The van der Waals surface area contributed by atoms with Gasteiger partial charge in [0.2, 0.25) is 0 Å². The Morgan fingerprint density at radius 1 is 1.09 bits per heavy atom. The molecule has 5 rings (SSSR count). The van der Waals surface area contributed by atoms with E-state index in [0.29, 0.717) is 29.9 Å². The number of piperazine rings is 1. The third-order valence-electron chi connectivity index (χ3n) is 7.24. The molecular weight excluding hydrogens is 424 g/mol. The van der Waals surface area contributed by atoms with Crippen molar-refractivity contribution in [3.63, 3.8) is 0 Å². The Hall–Kier alpha value is -3.22. The van der Waals surface area contributed by atoms with Gasteiger partial charge in [0.25, 0.3) is 0 Å². The molecular formula is C28H32N4O2. The third-order valence-corrected chi connectivity index (χ3v) is 7.24. The van der Waals surface area contributed by atoms with Gasteiger partial charge in [0.05, 0.1) is 11.3 Å². The predicted molar refractivity (Wildman–Crippen MR) is 136 cm³/mol. The van der Waals surface area contributed by atoms with Crippen LogP contribution in [-0.4, -0.2) is 46.1 Å². The highest BCUT2D eigenvalue weighted by Crippen LogP contribution is 2.35. The minimum atomic E-state index is -0.884. The number of rotatable bonds is 8. The zero-order chi connectivity index (χ0) is 23.7. The van der Waals surface area contributed by atoms with E-state index >= 15 is 0 Å². The molecule has 6 nitrogen and oxygen atoms in total. The van der Waals surface area contributed by atoms with Crippen molar-refractivity contribution in [1.82, 2.24) is 15.2 Å². The molecule has 3 heterocycles. The van der Waals surface area contributed by atoms with E-state index in [1.807, 2.05) is 42.7 Å². The summed E-state index contributed by atoms with van der Waals surface area (Å²) in [5, 5.41) is 17.3. The van der Waals surface area contributed by atoms with Gasteiger partial charge in [-0.15, -0.1) is 0 Å². The first-order chi connectivity index (χ1) is 16.6. The van der Waals surface area contributed by atoms with Gasteiger partial charge in [-0.1, -0.05) is 26.0 Å². The first-order valence-corrected chi connectivity index (χ1v) is 12.2. The molecule has 0 radical (unpaired) electrons. The predicted octanol–water partition coefficient (Wildman–Crippen LogP) is 4.86. The molecule has 176 valence electrons. The highest BCUT2D eigenvalue weighted by molar-refractivity contribution is 5.97. The topological polar surface area (TPSA) is 77.5 Å². The van der Waals surface area contributed by atoms with E-state index in [0.717, 1.165) is 54.7 Å². The van der Waals surface area contributed by atoms with Gasteiger partial charge in [-0.25, -0.2) is 4.79 Å². The van der Waals surface area contributed by atoms with Crippen LogP contribution in [0.1, 0.15) is 47.3 Å². The Morgan fingerprint density at radius 2 is 1.82 bits per heavy atom. The molecule has 1 aromatic heterocycles. The molecule has 2 aliphatic rings. The zero-order valence-electron chi connectivity index (χ0n) is 19.8. The van der Waals surface area contributed by atoms with Crippen LogP contribution in [0.15, 0.2) is 54.9 Å². The Morgan fingerprint density at radius 3 is 2.41 bits per heavy atom. The SMILES string of the molecule is CCc1cc(-c2ccncc2)cc(CC)c1Nc1cccc(CN2C[C@@H]3C[C@H]2CN3)c1C(=O)O. The van der Waals surface area contributed by atoms with Crippen LogP contribution in [-0.2, 0) is 19.4 Å². The number of benzene rings is 2. The molecule has 0 saturated carbocycles. The summed E-state index contributed by atoms with van der Waals surface area (Å²) in [6, 6.07) is 15.3. The number of pyridine rings is 1. The van der Waals surface area contributed by atoms with Gasteiger partial charge in [-0.05, 0) is 77.4 Å².